The first kappa shape index (κ1) is 15.6. The lowest BCUT2D eigenvalue weighted by Gasteiger charge is -2.26. The smallest absolute Gasteiger partial charge is 0.126 e. The minimum atomic E-state index is -0.108. The topological polar surface area (TPSA) is 12.0 Å². The molecular weight excluding hydrogens is 293 g/mol. The molecule has 3 heteroatoms. The molecule has 0 bridgehead atoms. The Hall–Kier alpha value is -0.410. The van der Waals surface area contributed by atoms with Crippen LogP contribution < -0.4 is 5.32 Å². The summed E-state index contributed by atoms with van der Waals surface area (Å²) in [5.74, 6) is -0.108. The van der Waals surface area contributed by atoms with Crippen LogP contribution in [-0.2, 0) is 6.42 Å². The second kappa shape index (κ2) is 6.67. The maximum absolute atomic E-state index is 13.7. The summed E-state index contributed by atoms with van der Waals surface area (Å²) in [5.41, 5.74) is 0.891. The molecule has 1 N–H and O–H groups in total. The van der Waals surface area contributed by atoms with Crippen molar-refractivity contribution >= 4 is 15.9 Å². The van der Waals surface area contributed by atoms with Crippen LogP contribution in [0.1, 0.15) is 39.7 Å². The summed E-state index contributed by atoms with van der Waals surface area (Å²) in [6.07, 6.45) is 1.80. The van der Waals surface area contributed by atoms with Gasteiger partial charge in [-0.1, -0.05) is 43.6 Å². The van der Waals surface area contributed by atoms with Gasteiger partial charge in [0.2, 0.25) is 0 Å². The van der Waals surface area contributed by atoms with Crippen LogP contribution in [0, 0.1) is 11.2 Å². The predicted octanol–water partition coefficient (Wildman–Crippen LogP) is 4.55. The van der Waals surface area contributed by atoms with E-state index in [-0.39, 0.29) is 11.2 Å². The van der Waals surface area contributed by atoms with Gasteiger partial charge in [0.1, 0.15) is 5.82 Å². The highest BCUT2D eigenvalue weighted by Crippen LogP contribution is 2.28. The highest BCUT2D eigenvalue weighted by atomic mass is 79.9. The third-order valence-corrected chi connectivity index (χ3v) is 3.52. The molecule has 0 aromatic heterocycles. The summed E-state index contributed by atoms with van der Waals surface area (Å²) in [4.78, 5) is 0. The van der Waals surface area contributed by atoms with Crippen LogP contribution >= 0.6 is 15.9 Å². The first-order valence-corrected chi connectivity index (χ1v) is 7.27. The fourth-order valence-electron chi connectivity index (χ4n) is 1.98. The van der Waals surface area contributed by atoms with Crippen molar-refractivity contribution < 1.29 is 4.39 Å². The molecule has 0 saturated heterocycles. The molecule has 0 saturated carbocycles. The first-order chi connectivity index (χ1) is 8.30. The van der Waals surface area contributed by atoms with Gasteiger partial charge in [-0.3, -0.25) is 0 Å². The van der Waals surface area contributed by atoms with E-state index in [9.17, 15) is 4.39 Å². The van der Waals surface area contributed by atoms with Crippen LogP contribution in [0.5, 0.6) is 0 Å². The average molecular weight is 316 g/mol. The second-order valence-electron chi connectivity index (χ2n) is 5.94. The number of hydrogen-bond donors (Lipinski definition) is 1. The number of hydrogen-bond acceptors (Lipinski definition) is 1. The summed E-state index contributed by atoms with van der Waals surface area (Å²) in [6, 6.07) is 5.66. The predicted molar refractivity (Wildman–Crippen MR) is 79.3 cm³/mol. The van der Waals surface area contributed by atoms with Crippen molar-refractivity contribution in [3.63, 3.8) is 0 Å². The van der Waals surface area contributed by atoms with Gasteiger partial charge in [-0.2, -0.15) is 0 Å². The van der Waals surface area contributed by atoms with Crippen LogP contribution in [0.4, 0.5) is 4.39 Å². The maximum Gasteiger partial charge on any atom is 0.126 e. The molecule has 102 valence electrons. The molecule has 0 atom stereocenters. The molecule has 1 nitrogen and oxygen atoms in total. The molecule has 0 aliphatic heterocycles. The van der Waals surface area contributed by atoms with Gasteiger partial charge in [-0.05, 0) is 48.6 Å². The molecule has 18 heavy (non-hydrogen) atoms. The summed E-state index contributed by atoms with van der Waals surface area (Å²) in [6.45, 7) is 9.63. The summed E-state index contributed by atoms with van der Waals surface area (Å²) in [5, 5.41) is 3.41. The van der Waals surface area contributed by atoms with E-state index >= 15 is 0 Å². The van der Waals surface area contributed by atoms with Crippen molar-refractivity contribution in [1.29, 1.82) is 0 Å². The minimum Gasteiger partial charge on any atom is -0.315 e. The second-order valence-corrected chi connectivity index (χ2v) is 6.85. The average Bonchev–Trinajstić information content (AvgIpc) is 2.22. The van der Waals surface area contributed by atoms with Gasteiger partial charge in [0.15, 0.2) is 0 Å². The van der Waals surface area contributed by atoms with E-state index in [0.717, 1.165) is 29.4 Å². The molecule has 1 rings (SSSR count). The number of halogens is 2. The van der Waals surface area contributed by atoms with Crippen molar-refractivity contribution in [3.05, 3.63) is 34.1 Å². The van der Waals surface area contributed by atoms with Crippen LogP contribution in [0.3, 0.4) is 0 Å². The Morgan fingerprint density at radius 1 is 1.33 bits per heavy atom. The highest BCUT2D eigenvalue weighted by Gasteiger charge is 2.20. The van der Waals surface area contributed by atoms with Gasteiger partial charge in [0, 0.05) is 10.5 Å². The van der Waals surface area contributed by atoms with E-state index < -0.39 is 0 Å². The van der Waals surface area contributed by atoms with Crippen molar-refractivity contribution in [2.75, 3.05) is 6.54 Å². The normalized spacial score (nSPS) is 12.2. The van der Waals surface area contributed by atoms with Crippen LogP contribution in [-0.4, -0.2) is 12.6 Å². The molecular formula is C15H23BrFN. The lowest BCUT2D eigenvalue weighted by atomic mass is 9.82. The zero-order chi connectivity index (χ0) is 13.8. The largest absolute Gasteiger partial charge is 0.315 e. The van der Waals surface area contributed by atoms with Crippen LogP contribution in [0.2, 0.25) is 0 Å². The van der Waals surface area contributed by atoms with Crippen molar-refractivity contribution in [2.24, 2.45) is 5.41 Å². The fraction of sp³-hybridized carbons (Fsp3) is 0.600. The molecule has 0 aliphatic rings. The van der Waals surface area contributed by atoms with Crippen molar-refractivity contribution in [1.82, 2.24) is 5.32 Å². The van der Waals surface area contributed by atoms with Crippen LogP contribution in [0.25, 0.3) is 0 Å². The number of nitrogens with one attached hydrogen (secondary N) is 1. The van der Waals surface area contributed by atoms with Gasteiger partial charge >= 0.3 is 0 Å². The molecule has 0 fully saturated rings. The molecule has 1 aromatic rings. The lowest BCUT2D eigenvalue weighted by Crippen LogP contribution is -2.28. The Morgan fingerprint density at radius 2 is 2.00 bits per heavy atom. The standard InChI is InChI=1S/C15H23BrFN/c1-11(2)18-8-7-15(3,4)10-12-9-13(16)5-6-14(12)17/h5-6,9,11,18H,7-8,10H2,1-4H3. The van der Waals surface area contributed by atoms with E-state index in [2.05, 4.69) is 48.9 Å². The van der Waals surface area contributed by atoms with Gasteiger partial charge in [-0.15, -0.1) is 0 Å². The third-order valence-electron chi connectivity index (χ3n) is 3.03. The monoisotopic (exact) mass is 315 g/mol. The molecule has 0 spiro atoms. The zero-order valence-electron chi connectivity index (χ0n) is 11.7. The molecule has 0 unspecified atom stereocenters. The fourth-order valence-corrected chi connectivity index (χ4v) is 2.39. The first-order valence-electron chi connectivity index (χ1n) is 6.47. The zero-order valence-corrected chi connectivity index (χ0v) is 13.3. The Kier molecular flexibility index (Phi) is 5.80. The van der Waals surface area contributed by atoms with Gasteiger partial charge in [-0.25, -0.2) is 4.39 Å². The Morgan fingerprint density at radius 3 is 2.61 bits per heavy atom. The Labute approximate surface area is 118 Å². The van der Waals surface area contributed by atoms with Crippen LogP contribution in [0.15, 0.2) is 22.7 Å². The van der Waals surface area contributed by atoms with Gasteiger partial charge < -0.3 is 5.32 Å². The van der Waals surface area contributed by atoms with Gasteiger partial charge in [0.05, 0.1) is 0 Å². The maximum atomic E-state index is 13.7. The van der Waals surface area contributed by atoms with Crippen molar-refractivity contribution in [3.8, 4) is 0 Å². The van der Waals surface area contributed by atoms with E-state index in [1.807, 2.05) is 6.07 Å². The molecule has 0 heterocycles. The van der Waals surface area contributed by atoms with E-state index in [1.54, 1.807) is 6.07 Å². The summed E-state index contributed by atoms with van der Waals surface area (Å²) < 4.78 is 14.7. The Balaban J connectivity index is 2.61. The van der Waals surface area contributed by atoms with Gasteiger partial charge in [0.25, 0.3) is 0 Å². The highest BCUT2D eigenvalue weighted by molar-refractivity contribution is 9.10. The van der Waals surface area contributed by atoms with E-state index in [1.165, 1.54) is 6.07 Å². The third kappa shape index (κ3) is 5.49. The number of benzene rings is 1. The summed E-state index contributed by atoms with van der Waals surface area (Å²) in [7, 11) is 0. The molecule has 1 aromatic carbocycles. The SMILES string of the molecule is CC(C)NCCC(C)(C)Cc1cc(Br)ccc1F. The van der Waals surface area contributed by atoms with E-state index in [4.69, 9.17) is 0 Å². The number of rotatable bonds is 6. The van der Waals surface area contributed by atoms with E-state index in [0.29, 0.717) is 6.04 Å². The Bertz CT molecular complexity index is 388. The summed E-state index contributed by atoms with van der Waals surface area (Å²) >= 11 is 3.40. The molecule has 0 amide bonds. The van der Waals surface area contributed by atoms with Crippen molar-refractivity contribution in [2.45, 2.75) is 46.6 Å². The minimum absolute atomic E-state index is 0.101. The molecule has 0 aliphatic carbocycles. The quantitative estimate of drug-likeness (QED) is 0.812. The lowest BCUT2D eigenvalue weighted by molar-refractivity contribution is 0.316. The molecule has 0 radical (unpaired) electrons.